The van der Waals surface area contributed by atoms with Gasteiger partial charge in [0.05, 0.1) is 26.3 Å². The van der Waals surface area contributed by atoms with Gasteiger partial charge in [0.25, 0.3) is 5.56 Å². The van der Waals surface area contributed by atoms with E-state index in [0.717, 1.165) is 39.3 Å². The quantitative estimate of drug-likeness (QED) is 0.465. The highest BCUT2D eigenvalue weighted by Gasteiger charge is 2.06. The monoisotopic (exact) mass is 402 g/mol. The van der Waals surface area contributed by atoms with Crippen molar-refractivity contribution in [3.8, 4) is 28.4 Å². The van der Waals surface area contributed by atoms with Crippen molar-refractivity contribution in [2.45, 2.75) is 6.54 Å². The third-order valence-electron chi connectivity index (χ3n) is 4.91. The number of hydrogen-bond donors (Lipinski definition) is 0. The zero-order chi connectivity index (χ0) is 20.9. The Bertz CT molecular complexity index is 1220. The maximum absolute atomic E-state index is 12.3. The molecular formula is C24H22N2O4. The van der Waals surface area contributed by atoms with Crippen molar-refractivity contribution in [2.24, 2.45) is 0 Å². The van der Waals surface area contributed by atoms with Crippen LogP contribution in [0.3, 0.4) is 0 Å². The standard InChI is InChI=1S/C24H22N2O4/c1-28-19-6-3-17(4-7-19)18-5-10-24(27)26(16-18)13-14-30-23-11-12-25-22-15-20(29-2)8-9-21(22)23/h3-12,15-16H,13-14H2,1-2H3. The van der Waals surface area contributed by atoms with Crippen LogP contribution in [0, 0.1) is 0 Å². The van der Waals surface area contributed by atoms with E-state index in [4.69, 9.17) is 14.2 Å². The van der Waals surface area contributed by atoms with Crippen LogP contribution in [0.5, 0.6) is 17.2 Å². The van der Waals surface area contributed by atoms with E-state index in [1.54, 1.807) is 31.0 Å². The van der Waals surface area contributed by atoms with Crippen LogP contribution in [0.25, 0.3) is 22.0 Å². The van der Waals surface area contributed by atoms with E-state index in [0.29, 0.717) is 13.2 Å². The largest absolute Gasteiger partial charge is 0.497 e. The van der Waals surface area contributed by atoms with E-state index in [-0.39, 0.29) is 5.56 Å². The second kappa shape index (κ2) is 8.69. The summed E-state index contributed by atoms with van der Waals surface area (Å²) >= 11 is 0. The van der Waals surface area contributed by atoms with Crippen molar-refractivity contribution in [1.29, 1.82) is 0 Å². The fraction of sp³-hybridized carbons (Fsp3) is 0.167. The molecule has 2 aromatic carbocycles. The minimum atomic E-state index is -0.0693. The topological polar surface area (TPSA) is 62.6 Å². The van der Waals surface area contributed by atoms with Crippen molar-refractivity contribution in [1.82, 2.24) is 9.55 Å². The predicted octanol–water partition coefficient (Wildman–Crippen LogP) is 4.16. The van der Waals surface area contributed by atoms with E-state index in [2.05, 4.69) is 4.98 Å². The summed E-state index contributed by atoms with van der Waals surface area (Å²) in [5, 5.41) is 0.901. The molecule has 0 unspecified atom stereocenters. The van der Waals surface area contributed by atoms with Gasteiger partial charge in [0, 0.05) is 29.9 Å². The zero-order valence-corrected chi connectivity index (χ0v) is 16.9. The molecule has 0 radical (unpaired) electrons. The molecule has 0 atom stereocenters. The Morgan fingerprint density at radius 1 is 0.867 bits per heavy atom. The predicted molar refractivity (Wildman–Crippen MR) is 116 cm³/mol. The number of methoxy groups -OCH3 is 2. The molecule has 0 spiro atoms. The maximum atomic E-state index is 12.3. The number of pyridine rings is 2. The maximum Gasteiger partial charge on any atom is 0.250 e. The molecule has 2 heterocycles. The molecule has 4 rings (SSSR count). The number of ether oxygens (including phenoxy) is 3. The van der Waals surface area contributed by atoms with Gasteiger partial charge in [-0.25, -0.2) is 0 Å². The molecule has 0 fully saturated rings. The highest BCUT2D eigenvalue weighted by molar-refractivity contribution is 5.85. The first kappa shape index (κ1) is 19.5. The number of fused-ring (bicyclic) bond motifs is 1. The lowest BCUT2D eigenvalue weighted by atomic mass is 10.1. The second-order valence-electron chi connectivity index (χ2n) is 6.72. The van der Waals surface area contributed by atoms with Crippen LogP contribution in [0.15, 0.2) is 77.9 Å². The molecule has 0 aliphatic carbocycles. The number of benzene rings is 2. The van der Waals surface area contributed by atoms with Crippen molar-refractivity contribution in [3.63, 3.8) is 0 Å². The average molecular weight is 402 g/mol. The summed E-state index contributed by atoms with van der Waals surface area (Å²) in [6.45, 7) is 0.792. The second-order valence-corrected chi connectivity index (χ2v) is 6.72. The Morgan fingerprint density at radius 3 is 2.37 bits per heavy atom. The molecule has 0 aliphatic rings. The van der Waals surface area contributed by atoms with E-state index in [1.807, 2.05) is 60.8 Å². The first-order valence-corrected chi connectivity index (χ1v) is 9.58. The molecule has 0 aliphatic heterocycles. The van der Waals surface area contributed by atoms with E-state index in [9.17, 15) is 4.79 Å². The van der Waals surface area contributed by atoms with Gasteiger partial charge in [-0.15, -0.1) is 0 Å². The van der Waals surface area contributed by atoms with Crippen LogP contribution in [0.1, 0.15) is 0 Å². The van der Waals surface area contributed by atoms with E-state index < -0.39 is 0 Å². The summed E-state index contributed by atoms with van der Waals surface area (Å²) in [6, 6.07) is 18.6. The summed E-state index contributed by atoms with van der Waals surface area (Å²) < 4.78 is 18.1. The molecule has 0 bridgehead atoms. The lowest BCUT2D eigenvalue weighted by Gasteiger charge is -2.12. The summed E-state index contributed by atoms with van der Waals surface area (Å²) in [6.07, 6.45) is 3.55. The van der Waals surface area contributed by atoms with Crippen molar-refractivity contribution in [3.05, 3.63) is 83.4 Å². The Hall–Kier alpha value is -3.80. The van der Waals surface area contributed by atoms with Gasteiger partial charge in [-0.1, -0.05) is 12.1 Å². The average Bonchev–Trinajstić information content (AvgIpc) is 2.80. The van der Waals surface area contributed by atoms with Crippen LogP contribution in [-0.4, -0.2) is 30.4 Å². The van der Waals surface area contributed by atoms with Gasteiger partial charge < -0.3 is 18.8 Å². The highest BCUT2D eigenvalue weighted by atomic mass is 16.5. The summed E-state index contributed by atoms with van der Waals surface area (Å²) in [5.41, 5.74) is 2.70. The van der Waals surface area contributed by atoms with Gasteiger partial charge in [0.2, 0.25) is 0 Å². The molecule has 0 amide bonds. The van der Waals surface area contributed by atoms with Crippen LogP contribution < -0.4 is 19.8 Å². The van der Waals surface area contributed by atoms with Crippen molar-refractivity contribution < 1.29 is 14.2 Å². The lowest BCUT2D eigenvalue weighted by Crippen LogP contribution is -2.21. The molecule has 0 saturated heterocycles. The molecule has 30 heavy (non-hydrogen) atoms. The van der Waals surface area contributed by atoms with Crippen LogP contribution in [0.4, 0.5) is 0 Å². The van der Waals surface area contributed by atoms with Crippen LogP contribution in [0.2, 0.25) is 0 Å². The van der Waals surface area contributed by atoms with Crippen LogP contribution >= 0.6 is 0 Å². The van der Waals surface area contributed by atoms with Gasteiger partial charge in [0.15, 0.2) is 0 Å². The first-order valence-electron chi connectivity index (χ1n) is 9.58. The summed E-state index contributed by atoms with van der Waals surface area (Å²) in [5.74, 6) is 2.26. The van der Waals surface area contributed by atoms with Crippen molar-refractivity contribution in [2.75, 3.05) is 20.8 Å². The molecular weight excluding hydrogens is 380 g/mol. The van der Waals surface area contributed by atoms with Gasteiger partial charge in [-0.05, 0) is 47.5 Å². The Morgan fingerprint density at radius 2 is 1.60 bits per heavy atom. The number of aromatic nitrogens is 2. The molecule has 0 N–H and O–H groups in total. The van der Waals surface area contributed by atoms with Gasteiger partial charge in [-0.3, -0.25) is 9.78 Å². The fourth-order valence-electron chi connectivity index (χ4n) is 3.27. The van der Waals surface area contributed by atoms with Gasteiger partial charge >= 0.3 is 0 Å². The third kappa shape index (κ3) is 4.12. The molecule has 6 heteroatoms. The highest BCUT2D eigenvalue weighted by Crippen LogP contribution is 2.27. The van der Waals surface area contributed by atoms with E-state index in [1.165, 1.54) is 0 Å². The smallest absolute Gasteiger partial charge is 0.250 e. The van der Waals surface area contributed by atoms with Gasteiger partial charge in [-0.2, -0.15) is 0 Å². The molecule has 6 nitrogen and oxygen atoms in total. The normalized spacial score (nSPS) is 10.7. The Kier molecular flexibility index (Phi) is 5.66. The van der Waals surface area contributed by atoms with E-state index >= 15 is 0 Å². The van der Waals surface area contributed by atoms with Crippen LogP contribution in [-0.2, 0) is 6.54 Å². The first-order chi connectivity index (χ1) is 14.7. The SMILES string of the molecule is COc1ccc(-c2ccc(=O)n(CCOc3ccnc4cc(OC)ccc34)c2)cc1. The van der Waals surface area contributed by atoms with Crippen molar-refractivity contribution >= 4 is 10.9 Å². The zero-order valence-electron chi connectivity index (χ0n) is 16.9. The molecule has 2 aromatic heterocycles. The third-order valence-corrected chi connectivity index (χ3v) is 4.91. The molecule has 0 saturated carbocycles. The fourth-order valence-corrected chi connectivity index (χ4v) is 3.27. The summed E-state index contributed by atoms with van der Waals surface area (Å²) in [4.78, 5) is 16.7. The minimum absolute atomic E-state index is 0.0693. The number of hydrogen-bond acceptors (Lipinski definition) is 5. The molecule has 4 aromatic rings. The number of nitrogens with zero attached hydrogens (tertiary/aromatic N) is 2. The Balaban J connectivity index is 1.50. The molecule has 152 valence electrons. The number of rotatable bonds is 7. The van der Waals surface area contributed by atoms with Gasteiger partial charge in [0.1, 0.15) is 23.9 Å². The summed E-state index contributed by atoms with van der Waals surface area (Å²) in [7, 11) is 3.26. The minimum Gasteiger partial charge on any atom is -0.497 e. The lowest BCUT2D eigenvalue weighted by molar-refractivity contribution is 0.299. The Labute approximate surface area is 174 Å².